The van der Waals surface area contributed by atoms with E-state index in [9.17, 15) is 13.2 Å². The van der Waals surface area contributed by atoms with Crippen molar-refractivity contribution in [1.29, 1.82) is 0 Å². The predicted octanol–water partition coefficient (Wildman–Crippen LogP) is 2.99. The lowest BCUT2D eigenvalue weighted by atomic mass is 10.2. The first kappa shape index (κ1) is 20.1. The normalized spacial score (nSPS) is 12.5. The Labute approximate surface area is 167 Å². The van der Waals surface area contributed by atoms with Crippen LogP contribution in [0.5, 0.6) is 0 Å². The highest BCUT2D eigenvalue weighted by Crippen LogP contribution is 2.25. The Morgan fingerprint density at radius 2 is 1.96 bits per heavy atom. The van der Waals surface area contributed by atoms with Gasteiger partial charge in [0.1, 0.15) is 5.01 Å². The molecule has 2 heterocycles. The molecule has 146 valence electrons. The Kier molecular flexibility index (Phi) is 6.18. The van der Waals surface area contributed by atoms with Crippen molar-refractivity contribution >= 4 is 27.3 Å². The van der Waals surface area contributed by atoms with Gasteiger partial charge in [0.05, 0.1) is 16.6 Å². The van der Waals surface area contributed by atoms with Crippen LogP contribution >= 0.6 is 11.3 Å². The standard InChI is InChI=1S/C19H20N4O3S2/c1-3-21-28(25,26)16-6-4-5-15(11-16)18(24)22-13(2)19-23-17(12-27-19)14-7-9-20-10-8-14/h4-13,21H,3H2,1-2H3,(H,22,24). The molecule has 28 heavy (non-hydrogen) atoms. The summed E-state index contributed by atoms with van der Waals surface area (Å²) >= 11 is 1.45. The molecule has 0 bridgehead atoms. The fourth-order valence-corrected chi connectivity index (χ4v) is 4.48. The smallest absolute Gasteiger partial charge is 0.251 e. The second-order valence-corrected chi connectivity index (χ2v) is 8.69. The van der Waals surface area contributed by atoms with Crippen LogP contribution in [-0.4, -0.2) is 30.8 Å². The molecule has 2 aromatic heterocycles. The van der Waals surface area contributed by atoms with Crippen LogP contribution in [0.1, 0.15) is 35.3 Å². The quantitative estimate of drug-likeness (QED) is 0.617. The zero-order valence-corrected chi connectivity index (χ0v) is 17.0. The van der Waals surface area contributed by atoms with E-state index in [0.717, 1.165) is 16.3 Å². The summed E-state index contributed by atoms with van der Waals surface area (Å²) in [5, 5.41) is 5.56. The van der Waals surface area contributed by atoms with Gasteiger partial charge in [-0.1, -0.05) is 13.0 Å². The summed E-state index contributed by atoms with van der Waals surface area (Å²) in [5.41, 5.74) is 2.05. The van der Waals surface area contributed by atoms with E-state index in [1.54, 1.807) is 31.5 Å². The SMILES string of the molecule is CCNS(=O)(=O)c1cccc(C(=O)NC(C)c2nc(-c3ccncc3)cs2)c1. The molecule has 0 saturated heterocycles. The third-order valence-corrected chi connectivity index (χ3v) is 6.53. The van der Waals surface area contributed by atoms with Gasteiger partial charge in [0.25, 0.3) is 5.91 Å². The summed E-state index contributed by atoms with van der Waals surface area (Å²) in [5.74, 6) is -0.360. The van der Waals surface area contributed by atoms with Crippen molar-refractivity contribution in [3.05, 3.63) is 64.7 Å². The second-order valence-electron chi connectivity index (χ2n) is 6.03. The molecule has 1 atom stereocenters. The van der Waals surface area contributed by atoms with Crippen molar-refractivity contribution in [2.45, 2.75) is 24.8 Å². The molecule has 9 heteroatoms. The van der Waals surface area contributed by atoms with Crippen LogP contribution in [0.15, 0.2) is 59.1 Å². The molecule has 2 N–H and O–H groups in total. The average Bonchev–Trinajstić information content (AvgIpc) is 3.19. The Bertz CT molecular complexity index is 1070. The van der Waals surface area contributed by atoms with Gasteiger partial charge in [-0.15, -0.1) is 11.3 Å². The number of pyridine rings is 1. The minimum Gasteiger partial charge on any atom is -0.343 e. The highest BCUT2D eigenvalue weighted by Gasteiger charge is 2.18. The molecular weight excluding hydrogens is 396 g/mol. The summed E-state index contributed by atoms with van der Waals surface area (Å²) in [7, 11) is -3.62. The number of carbonyl (C=O) groups excluding carboxylic acids is 1. The highest BCUT2D eigenvalue weighted by molar-refractivity contribution is 7.89. The van der Waals surface area contributed by atoms with Gasteiger partial charge in [0.15, 0.2) is 0 Å². The molecule has 1 aromatic carbocycles. The Balaban J connectivity index is 1.74. The van der Waals surface area contributed by atoms with Crippen molar-refractivity contribution in [2.75, 3.05) is 6.54 Å². The van der Waals surface area contributed by atoms with E-state index < -0.39 is 10.0 Å². The van der Waals surface area contributed by atoms with E-state index in [-0.39, 0.29) is 29.0 Å². The molecule has 1 amide bonds. The van der Waals surface area contributed by atoms with E-state index in [1.807, 2.05) is 24.4 Å². The van der Waals surface area contributed by atoms with Gasteiger partial charge in [0.2, 0.25) is 10.0 Å². The molecule has 1 unspecified atom stereocenters. The topological polar surface area (TPSA) is 101 Å². The van der Waals surface area contributed by atoms with Crippen LogP contribution in [0.2, 0.25) is 0 Å². The molecular formula is C19H20N4O3S2. The van der Waals surface area contributed by atoms with Crippen LogP contribution in [0.3, 0.4) is 0 Å². The van der Waals surface area contributed by atoms with Crippen molar-refractivity contribution in [2.24, 2.45) is 0 Å². The van der Waals surface area contributed by atoms with Crippen LogP contribution in [0, 0.1) is 0 Å². The van der Waals surface area contributed by atoms with E-state index in [2.05, 4.69) is 20.0 Å². The van der Waals surface area contributed by atoms with Gasteiger partial charge in [-0.3, -0.25) is 9.78 Å². The van der Waals surface area contributed by atoms with Crippen molar-refractivity contribution in [1.82, 2.24) is 20.0 Å². The molecule has 0 fully saturated rings. The first-order chi connectivity index (χ1) is 13.4. The van der Waals surface area contributed by atoms with E-state index in [1.165, 1.54) is 23.5 Å². The number of thiazole rings is 1. The summed E-state index contributed by atoms with van der Waals surface area (Å²) in [6.07, 6.45) is 3.40. The highest BCUT2D eigenvalue weighted by atomic mass is 32.2. The number of rotatable bonds is 7. The number of benzene rings is 1. The number of hydrogen-bond acceptors (Lipinski definition) is 6. The monoisotopic (exact) mass is 416 g/mol. The third-order valence-electron chi connectivity index (χ3n) is 3.96. The van der Waals surface area contributed by atoms with Gasteiger partial charge in [-0.05, 0) is 37.3 Å². The largest absolute Gasteiger partial charge is 0.343 e. The zero-order valence-electron chi connectivity index (χ0n) is 15.4. The predicted molar refractivity (Wildman–Crippen MR) is 109 cm³/mol. The molecule has 3 aromatic rings. The Hall–Kier alpha value is -2.62. The molecule has 0 spiro atoms. The van der Waals surface area contributed by atoms with Crippen LogP contribution in [0.25, 0.3) is 11.3 Å². The van der Waals surface area contributed by atoms with E-state index in [4.69, 9.17) is 0 Å². The number of hydrogen-bond donors (Lipinski definition) is 2. The van der Waals surface area contributed by atoms with Crippen LogP contribution in [0.4, 0.5) is 0 Å². The number of aromatic nitrogens is 2. The number of nitrogens with zero attached hydrogens (tertiary/aromatic N) is 2. The Morgan fingerprint density at radius 1 is 1.21 bits per heavy atom. The summed E-state index contributed by atoms with van der Waals surface area (Å²) in [4.78, 5) is 21.2. The van der Waals surface area contributed by atoms with Crippen molar-refractivity contribution in [3.8, 4) is 11.3 Å². The van der Waals surface area contributed by atoms with Gasteiger partial charge in [0, 0.05) is 35.4 Å². The summed E-state index contributed by atoms with van der Waals surface area (Å²) < 4.78 is 26.7. The second kappa shape index (κ2) is 8.59. The molecule has 0 radical (unpaired) electrons. The minimum absolute atomic E-state index is 0.0591. The number of amides is 1. The first-order valence-electron chi connectivity index (χ1n) is 8.67. The minimum atomic E-state index is -3.62. The number of carbonyl (C=O) groups is 1. The zero-order chi connectivity index (χ0) is 20.1. The molecule has 0 aliphatic heterocycles. The maximum absolute atomic E-state index is 12.6. The maximum Gasteiger partial charge on any atom is 0.251 e. The fourth-order valence-electron chi connectivity index (χ4n) is 2.56. The maximum atomic E-state index is 12.6. The molecule has 7 nitrogen and oxygen atoms in total. The van der Waals surface area contributed by atoms with Crippen molar-refractivity contribution in [3.63, 3.8) is 0 Å². The molecule has 0 aliphatic rings. The summed E-state index contributed by atoms with van der Waals surface area (Å²) in [6.45, 7) is 3.82. The Morgan fingerprint density at radius 3 is 2.68 bits per heavy atom. The number of nitrogens with one attached hydrogen (secondary N) is 2. The van der Waals surface area contributed by atoms with E-state index in [0.29, 0.717) is 0 Å². The van der Waals surface area contributed by atoms with Crippen molar-refractivity contribution < 1.29 is 13.2 Å². The summed E-state index contributed by atoms with van der Waals surface area (Å²) in [6, 6.07) is 9.38. The molecule has 3 rings (SSSR count). The average molecular weight is 417 g/mol. The third kappa shape index (κ3) is 4.61. The van der Waals surface area contributed by atoms with Crippen LogP contribution in [-0.2, 0) is 10.0 Å². The number of sulfonamides is 1. The lowest BCUT2D eigenvalue weighted by Gasteiger charge is -2.12. The van der Waals surface area contributed by atoms with Gasteiger partial charge in [-0.25, -0.2) is 18.1 Å². The van der Waals surface area contributed by atoms with Gasteiger partial charge in [-0.2, -0.15) is 0 Å². The first-order valence-corrected chi connectivity index (χ1v) is 11.0. The van der Waals surface area contributed by atoms with Crippen LogP contribution < -0.4 is 10.0 Å². The fraction of sp³-hybridized carbons (Fsp3) is 0.211. The molecule has 0 saturated carbocycles. The van der Waals surface area contributed by atoms with Gasteiger partial charge >= 0.3 is 0 Å². The molecule has 0 aliphatic carbocycles. The lowest BCUT2D eigenvalue weighted by molar-refractivity contribution is 0.0939. The lowest BCUT2D eigenvalue weighted by Crippen LogP contribution is -2.27. The van der Waals surface area contributed by atoms with Gasteiger partial charge < -0.3 is 5.32 Å². The van der Waals surface area contributed by atoms with E-state index >= 15 is 0 Å².